The normalized spacial score (nSPS) is 10.7. The van der Waals surface area contributed by atoms with Crippen LogP contribution in [-0.2, 0) is 25.4 Å². The molecule has 2 N–H and O–H groups in total. The SMILES string of the molecule is COCCOCCOC(=O)Cc1nc(N)nnc1-c1cccc(Cl)c1Cl. The first-order valence-electron chi connectivity index (χ1n) is 7.68. The quantitative estimate of drug-likeness (QED) is 0.503. The third-order valence-corrected chi connectivity index (χ3v) is 4.04. The van der Waals surface area contributed by atoms with Crippen LogP contribution in [0.25, 0.3) is 11.3 Å². The van der Waals surface area contributed by atoms with Gasteiger partial charge in [0.25, 0.3) is 0 Å². The van der Waals surface area contributed by atoms with Gasteiger partial charge in [-0.1, -0.05) is 35.3 Å². The molecule has 0 amide bonds. The highest BCUT2D eigenvalue weighted by molar-refractivity contribution is 6.43. The van der Waals surface area contributed by atoms with Crippen molar-refractivity contribution >= 4 is 35.1 Å². The number of methoxy groups -OCH3 is 1. The van der Waals surface area contributed by atoms with Gasteiger partial charge in [-0.05, 0) is 6.07 Å². The van der Waals surface area contributed by atoms with Crippen molar-refractivity contribution in [1.29, 1.82) is 0 Å². The van der Waals surface area contributed by atoms with Gasteiger partial charge in [0.05, 0.1) is 42.0 Å². The van der Waals surface area contributed by atoms with Crippen LogP contribution in [0.5, 0.6) is 0 Å². The molecular formula is C16H18Cl2N4O4. The summed E-state index contributed by atoms with van der Waals surface area (Å²) in [6.45, 7) is 1.29. The Morgan fingerprint density at radius 2 is 1.92 bits per heavy atom. The molecule has 0 saturated carbocycles. The minimum atomic E-state index is -0.500. The molecule has 1 aromatic carbocycles. The average molecular weight is 401 g/mol. The Hall–Kier alpha value is -2.00. The summed E-state index contributed by atoms with van der Waals surface area (Å²) in [7, 11) is 1.58. The Balaban J connectivity index is 2.06. The van der Waals surface area contributed by atoms with Gasteiger partial charge in [-0.15, -0.1) is 10.2 Å². The first-order chi connectivity index (χ1) is 12.5. The number of anilines is 1. The van der Waals surface area contributed by atoms with Crippen LogP contribution in [0.2, 0.25) is 10.0 Å². The lowest BCUT2D eigenvalue weighted by Gasteiger charge is -2.10. The van der Waals surface area contributed by atoms with Gasteiger partial charge in [-0.3, -0.25) is 4.79 Å². The van der Waals surface area contributed by atoms with E-state index in [1.54, 1.807) is 25.3 Å². The molecule has 2 aromatic rings. The largest absolute Gasteiger partial charge is 0.463 e. The Bertz CT molecular complexity index is 761. The van der Waals surface area contributed by atoms with Crippen molar-refractivity contribution in [2.24, 2.45) is 0 Å². The number of aromatic nitrogens is 3. The molecule has 140 valence electrons. The first kappa shape index (κ1) is 20.3. The fraction of sp³-hybridized carbons (Fsp3) is 0.375. The van der Waals surface area contributed by atoms with Crippen LogP contribution in [0.4, 0.5) is 5.95 Å². The Morgan fingerprint density at radius 1 is 1.15 bits per heavy atom. The molecular weight excluding hydrogens is 383 g/mol. The van der Waals surface area contributed by atoms with E-state index >= 15 is 0 Å². The van der Waals surface area contributed by atoms with E-state index in [4.69, 9.17) is 43.1 Å². The number of rotatable bonds is 9. The number of hydrogen-bond donors (Lipinski definition) is 1. The third kappa shape index (κ3) is 5.77. The number of nitrogens with two attached hydrogens (primary N) is 1. The van der Waals surface area contributed by atoms with Crippen molar-refractivity contribution in [3.05, 3.63) is 33.9 Å². The van der Waals surface area contributed by atoms with E-state index in [1.807, 2.05) is 0 Å². The van der Waals surface area contributed by atoms with Crippen LogP contribution in [0.3, 0.4) is 0 Å². The maximum Gasteiger partial charge on any atom is 0.312 e. The smallest absolute Gasteiger partial charge is 0.312 e. The fourth-order valence-corrected chi connectivity index (χ4v) is 2.43. The van der Waals surface area contributed by atoms with Crippen molar-refractivity contribution < 1.29 is 19.0 Å². The van der Waals surface area contributed by atoms with Gasteiger partial charge in [-0.25, -0.2) is 4.98 Å². The summed E-state index contributed by atoms with van der Waals surface area (Å²) in [4.78, 5) is 16.1. The minimum Gasteiger partial charge on any atom is -0.463 e. The lowest BCUT2D eigenvalue weighted by molar-refractivity contribution is -0.144. The van der Waals surface area contributed by atoms with Crippen molar-refractivity contribution in [2.45, 2.75) is 6.42 Å². The van der Waals surface area contributed by atoms with E-state index in [2.05, 4.69) is 15.2 Å². The summed E-state index contributed by atoms with van der Waals surface area (Å²) in [5, 5.41) is 8.38. The maximum atomic E-state index is 12.1. The molecule has 10 heteroatoms. The van der Waals surface area contributed by atoms with E-state index in [0.717, 1.165) is 0 Å². The van der Waals surface area contributed by atoms with Gasteiger partial charge in [0.1, 0.15) is 12.3 Å². The molecule has 0 aliphatic carbocycles. The number of hydrogen-bond acceptors (Lipinski definition) is 8. The van der Waals surface area contributed by atoms with Gasteiger partial charge in [-0.2, -0.15) is 0 Å². The second-order valence-electron chi connectivity index (χ2n) is 5.07. The van der Waals surface area contributed by atoms with Gasteiger partial charge in [0, 0.05) is 12.7 Å². The molecule has 0 bridgehead atoms. The summed E-state index contributed by atoms with van der Waals surface area (Å²) >= 11 is 12.3. The molecule has 26 heavy (non-hydrogen) atoms. The topological polar surface area (TPSA) is 109 Å². The Labute approximate surface area is 160 Å². The van der Waals surface area contributed by atoms with Crippen molar-refractivity contribution in [2.75, 3.05) is 39.3 Å². The van der Waals surface area contributed by atoms with E-state index in [9.17, 15) is 4.79 Å². The number of halogens is 2. The van der Waals surface area contributed by atoms with Crippen molar-refractivity contribution in [3.63, 3.8) is 0 Å². The molecule has 0 aliphatic rings. The predicted octanol–water partition coefficient (Wildman–Crippen LogP) is 2.18. The Kier molecular flexibility index (Phi) is 7.99. The highest BCUT2D eigenvalue weighted by atomic mass is 35.5. The molecule has 1 heterocycles. The molecule has 0 aliphatic heterocycles. The number of carbonyl (C=O) groups is 1. The number of benzene rings is 1. The van der Waals surface area contributed by atoms with Crippen molar-refractivity contribution in [3.8, 4) is 11.3 Å². The summed E-state index contributed by atoms with van der Waals surface area (Å²) in [5.74, 6) is -0.558. The van der Waals surface area contributed by atoms with Crippen LogP contribution in [0, 0.1) is 0 Å². The third-order valence-electron chi connectivity index (χ3n) is 3.22. The Morgan fingerprint density at radius 3 is 2.69 bits per heavy atom. The summed E-state index contributed by atoms with van der Waals surface area (Å²) in [6, 6.07) is 5.05. The standard InChI is InChI=1S/C16H18Cl2N4O4/c1-24-5-6-25-7-8-26-13(23)9-12-15(21-22-16(19)20-12)10-3-2-4-11(17)14(10)18/h2-4H,5-9H2,1H3,(H2,19,20,22). The zero-order chi connectivity index (χ0) is 18.9. The molecule has 1 aromatic heterocycles. The van der Waals surface area contributed by atoms with Crippen LogP contribution >= 0.6 is 23.2 Å². The molecule has 8 nitrogen and oxygen atoms in total. The van der Waals surface area contributed by atoms with Crippen LogP contribution < -0.4 is 5.73 Å². The summed E-state index contributed by atoms with van der Waals surface area (Å²) < 4.78 is 15.2. The highest BCUT2D eigenvalue weighted by Gasteiger charge is 2.18. The first-order valence-corrected chi connectivity index (χ1v) is 8.44. The molecule has 0 radical (unpaired) electrons. The van der Waals surface area contributed by atoms with E-state index in [0.29, 0.717) is 35.2 Å². The number of nitrogens with zero attached hydrogens (tertiary/aromatic N) is 3. The zero-order valence-corrected chi connectivity index (χ0v) is 15.6. The lowest BCUT2D eigenvalue weighted by Crippen LogP contribution is -2.16. The fourth-order valence-electron chi connectivity index (χ4n) is 2.04. The molecule has 0 saturated heterocycles. The van der Waals surface area contributed by atoms with Gasteiger partial charge >= 0.3 is 5.97 Å². The van der Waals surface area contributed by atoms with Gasteiger partial charge in [0.15, 0.2) is 0 Å². The van der Waals surface area contributed by atoms with Crippen LogP contribution in [-0.4, -0.2) is 54.7 Å². The number of nitrogen functional groups attached to an aromatic ring is 1. The molecule has 0 unspecified atom stereocenters. The van der Waals surface area contributed by atoms with Gasteiger partial charge in [0.2, 0.25) is 5.95 Å². The number of ether oxygens (including phenoxy) is 3. The number of carbonyl (C=O) groups excluding carboxylic acids is 1. The van der Waals surface area contributed by atoms with E-state index in [-0.39, 0.29) is 30.6 Å². The van der Waals surface area contributed by atoms with Crippen molar-refractivity contribution in [1.82, 2.24) is 15.2 Å². The second-order valence-corrected chi connectivity index (χ2v) is 5.85. The van der Waals surface area contributed by atoms with E-state index < -0.39 is 5.97 Å². The molecule has 0 fully saturated rings. The second kappa shape index (κ2) is 10.2. The van der Waals surface area contributed by atoms with Crippen LogP contribution in [0.15, 0.2) is 18.2 Å². The minimum absolute atomic E-state index is 0.0578. The zero-order valence-electron chi connectivity index (χ0n) is 14.1. The molecule has 2 rings (SSSR count). The highest BCUT2D eigenvalue weighted by Crippen LogP contribution is 2.33. The maximum absolute atomic E-state index is 12.1. The summed E-state index contributed by atoms with van der Waals surface area (Å²) in [6.07, 6.45) is -0.143. The average Bonchev–Trinajstić information content (AvgIpc) is 2.61. The molecule has 0 spiro atoms. The number of esters is 1. The van der Waals surface area contributed by atoms with Crippen LogP contribution in [0.1, 0.15) is 5.69 Å². The van der Waals surface area contributed by atoms with Gasteiger partial charge < -0.3 is 19.9 Å². The van der Waals surface area contributed by atoms with E-state index in [1.165, 1.54) is 0 Å². The predicted molar refractivity (Wildman–Crippen MR) is 97.1 cm³/mol. The lowest BCUT2D eigenvalue weighted by atomic mass is 10.1. The molecule has 0 atom stereocenters. The monoisotopic (exact) mass is 400 g/mol. The summed E-state index contributed by atoms with van der Waals surface area (Å²) in [5.41, 5.74) is 6.71.